The number of hydrogen-bond acceptors (Lipinski definition) is 6. The lowest BCUT2D eigenvalue weighted by Crippen LogP contribution is -2.30. The molecule has 0 fully saturated rings. The molecule has 0 spiro atoms. The first kappa shape index (κ1) is 14.8. The van der Waals surface area contributed by atoms with Crippen LogP contribution >= 0.6 is 0 Å². The predicted octanol–water partition coefficient (Wildman–Crippen LogP) is 1.01. The Hall–Kier alpha value is -3.16. The minimum atomic E-state index is -0.148. The molecule has 1 N–H and O–H groups in total. The molecule has 8 heteroatoms. The Morgan fingerprint density at radius 1 is 1.17 bits per heavy atom. The van der Waals surface area contributed by atoms with Crippen molar-refractivity contribution in [1.82, 2.24) is 35.5 Å². The number of carbonyl (C=O) groups is 1. The summed E-state index contributed by atoms with van der Waals surface area (Å²) in [5.74, 6) is -0.148. The van der Waals surface area contributed by atoms with Crippen LogP contribution in [0.15, 0.2) is 49.3 Å². The molecule has 2 heterocycles. The highest BCUT2D eigenvalue weighted by molar-refractivity contribution is 5.76. The molecule has 0 bridgehead atoms. The highest BCUT2D eigenvalue weighted by Gasteiger charge is 2.11. The van der Waals surface area contributed by atoms with E-state index in [0.29, 0.717) is 0 Å². The van der Waals surface area contributed by atoms with Gasteiger partial charge in [0.15, 0.2) is 0 Å². The van der Waals surface area contributed by atoms with Crippen molar-refractivity contribution >= 4 is 5.91 Å². The topological polar surface area (TPSA) is 98.5 Å². The zero-order valence-corrected chi connectivity index (χ0v) is 12.5. The van der Waals surface area contributed by atoms with E-state index in [-0.39, 0.29) is 18.5 Å². The molecule has 0 aliphatic carbocycles. The van der Waals surface area contributed by atoms with E-state index in [2.05, 4.69) is 30.8 Å². The summed E-state index contributed by atoms with van der Waals surface area (Å²) in [7, 11) is 0. The van der Waals surface area contributed by atoms with Gasteiger partial charge in [0.25, 0.3) is 0 Å². The highest BCUT2D eigenvalue weighted by Crippen LogP contribution is 2.20. The Balaban J connectivity index is 1.63. The first-order chi connectivity index (χ1) is 11.2. The van der Waals surface area contributed by atoms with Gasteiger partial charge in [-0.15, -0.1) is 5.10 Å². The first-order valence-electron chi connectivity index (χ1n) is 7.08. The SMILES string of the molecule is C[C@H](NC(=O)Cn1cnnn1)c1ccc(-c2cncnc2)cc1. The zero-order chi connectivity index (χ0) is 16.1. The molecule has 1 atom stereocenters. The third kappa shape index (κ3) is 3.73. The number of tetrazole rings is 1. The number of amides is 1. The maximum atomic E-state index is 11.9. The molecular formula is C15H15N7O. The second-order valence-corrected chi connectivity index (χ2v) is 5.05. The van der Waals surface area contributed by atoms with Crippen LogP contribution in [0.25, 0.3) is 11.1 Å². The van der Waals surface area contributed by atoms with Gasteiger partial charge in [-0.25, -0.2) is 14.6 Å². The number of benzene rings is 1. The van der Waals surface area contributed by atoms with E-state index in [9.17, 15) is 4.79 Å². The van der Waals surface area contributed by atoms with Gasteiger partial charge in [0.2, 0.25) is 5.91 Å². The van der Waals surface area contributed by atoms with E-state index in [4.69, 9.17) is 0 Å². The lowest BCUT2D eigenvalue weighted by molar-refractivity contribution is -0.122. The molecule has 0 radical (unpaired) electrons. The van der Waals surface area contributed by atoms with E-state index in [1.807, 2.05) is 31.2 Å². The third-order valence-corrected chi connectivity index (χ3v) is 3.38. The summed E-state index contributed by atoms with van der Waals surface area (Å²) in [6.45, 7) is 2.02. The fourth-order valence-electron chi connectivity index (χ4n) is 2.18. The molecule has 1 aromatic carbocycles. The summed E-state index contributed by atoms with van der Waals surface area (Å²) in [6, 6.07) is 7.81. The van der Waals surface area contributed by atoms with Crippen LogP contribution < -0.4 is 5.32 Å². The number of hydrogen-bond donors (Lipinski definition) is 1. The minimum absolute atomic E-state index is 0.0940. The van der Waals surface area contributed by atoms with Crippen molar-refractivity contribution in [1.29, 1.82) is 0 Å². The predicted molar refractivity (Wildman–Crippen MR) is 81.8 cm³/mol. The van der Waals surface area contributed by atoms with Crippen molar-refractivity contribution in [2.75, 3.05) is 0 Å². The standard InChI is InChI=1S/C15H15N7O/c1-11(19-15(23)8-22-10-18-20-21-22)12-2-4-13(5-3-12)14-6-16-9-17-7-14/h2-7,9-11H,8H2,1H3,(H,19,23)/t11-/m0/s1. The van der Waals surface area contributed by atoms with Crippen molar-refractivity contribution in [3.05, 3.63) is 54.9 Å². The van der Waals surface area contributed by atoms with Gasteiger partial charge in [0.05, 0.1) is 6.04 Å². The molecule has 23 heavy (non-hydrogen) atoms. The van der Waals surface area contributed by atoms with Gasteiger partial charge in [-0.2, -0.15) is 0 Å². The number of aromatic nitrogens is 6. The molecule has 116 valence electrons. The Morgan fingerprint density at radius 2 is 1.91 bits per heavy atom. The van der Waals surface area contributed by atoms with Crippen LogP contribution in [0.3, 0.4) is 0 Å². The minimum Gasteiger partial charge on any atom is -0.348 e. The molecule has 8 nitrogen and oxygen atoms in total. The second-order valence-electron chi connectivity index (χ2n) is 5.05. The summed E-state index contributed by atoms with van der Waals surface area (Å²) in [5, 5.41) is 13.6. The van der Waals surface area contributed by atoms with Crippen LogP contribution in [0.5, 0.6) is 0 Å². The Kier molecular flexibility index (Phi) is 4.32. The summed E-state index contributed by atoms with van der Waals surface area (Å²) in [6.07, 6.45) is 6.43. The normalized spacial score (nSPS) is 11.9. The van der Waals surface area contributed by atoms with Crippen molar-refractivity contribution < 1.29 is 4.79 Å². The Bertz CT molecular complexity index is 756. The van der Waals surface area contributed by atoms with E-state index in [0.717, 1.165) is 16.7 Å². The van der Waals surface area contributed by atoms with E-state index in [1.165, 1.54) is 17.3 Å². The molecule has 2 aromatic heterocycles. The maximum Gasteiger partial charge on any atom is 0.242 e. The highest BCUT2D eigenvalue weighted by atomic mass is 16.2. The number of nitrogens with zero attached hydrogens (tertiary/aromatic N) is 6. The number of carbonyl (C=O) groups excluding carboxylic acids is 1. The summed E-state index contributed by atoms with van der Waals surface area (Å²) in [4.78, 5) is 20.0. The van der Waals surface area contributed by atoms with Crippen LogP contribution in [0.4, 0.5) is 0 Å². The quantitative estimate of drug-likeness (QED) is 0.755. The Labute approximate surface area is 132 Å². The van der Waals surface area contributed by atoms with Gasteiger partial charge in [-0.05, 0) is 28.5 Å². The van der Waals surface area contributed by atoms with Gasteiger partial charge in [-0.3, -0.25) is 4.79 Å². The summed E-state index contributed by atoms with van der Waals surface area (Å²) >= 11 is 0. The second kappa shape index (κ2) is 6.73. The van der Waals surface area contributed by atoms with E-state index >= 15 is 0 Å². The van der Waals surface area contributed by atoms with Crippen LogP contribution in [0.2, 0.25) is 0 Å². The van der Waals surface area contributed by atoms with Gasteiger partial charge in [-0.1, -0.05) is 24.3 Å². The van der Waals surface area contributed by atoms with Crippen molar-refractivity contribution in [3.63, 3.8) is 0 Å². The summed E-state index contributed by atoms with van der Waals surface area (Å²) < 4.78 is 1.38. The first-order valence-corrected chi connectivity index (χ1v) is 7.08. The fourth-order valence-corrected chi connectivity index (χ4v) is 2.18. The molecular weight excluding hydrogens is 294 g/mol. The van der Waals surface area contributed by atoms with Gasteiger partial charge >= 0.3 is 0 Å². The van der Waals surface area contributed by atoms with E-state index < -0.39 is 0 Å². The Morgan fingerprint density at radius 3 is 2.57 bits per heavy atom. The van der Waals surface area contributed by atoms with Crippen molar-refractivity contribution in [2.45, 2.75) is 19.5 Å². The maximum absolute atomic E-state index is 11.9. The average Bonchev–Trinajstić information content (AvgIpc) is 3.08. The van der Waals surface area contributed by atoms with Crippen LogP contribution in [-0.2, 0) is 11.3 Å². The molecule has 0 saturated carbocycles. The molecule has 0 unspecified atom stereocenters. The number of nitrogens with one attached hydrogen (secondary N) is 1. The largest absolute Gasteiger partial charge is 0.348 e. The van der Waals surface area contributed by atoms with Crippen LogP contribution in [0.1, 0.15) is 18.5 Å². The third-order valence-electron chi connectivity index (χ3n) is 3.38. The molecule has 0 aliphatic heterocycles. The van der Waals surface area contributed by atoms with Crippen LogP contribution in [-0.4, -0.2) is 36.1 Å². The average molecular weight is 309 g/mol. The lowest BCUT2D eigenvalue weighted by Gasteiger charge is -2.14. The molecule has 0 saturated heterocycles. The van der Waals surface area contributed by atoms with Gasteiger partial charge in [0, 0.05) is 18.0 Å². The fraction of sp³-hybridized carbons (Fsp3) is 0.200. The number of rotatable bonds is 5. The molecule has 1 amide bonds. The molecule has 0 aliphatic rings. The smallest absolute Gasteiger partial charge is 0.242 e. The lowest BCUT2D eigenvalue weighted by atomic mass is 10.0. The molecule has 3 aromatic rings. The monoisotopic (exact) mass is 309 g/mol. The molecule has 3 rings (SSSR count). The van der Waals surface area contributed by atoms with Crippen LogP contribution in [0, 0.1) is 0 Å². The van der Waals surface area contributed by atoms with Gasteiger partial charge < -0.3 is 5.32 Å². The van der Waals surface area contributed by atoms with Crippen molar-refractivity contribution in [3.8, 4) is 11.1 Å². The zero-order valence-electron chi connectivity index (χ0n) is 12.5. The van der Waals surface area contributed by atoms with Crippen molar-refractivity contribution in [2.24, 2.45) is 0 Å². The summed E-state index contributed by atoms with van der Waals surface area (Å²) in [5.41, 5.74) is 2.99. The van der Waals surface area contributed by atoms with Gasteiger partial charge in [0.1, 0.15) is 19.2 Å². The van der Waals surface area contributed by atoms with E-state index in [1.54, 1.807) is 12.4 Å².